The van der Waals surface area contributed by atoms with Crippen LogP contribution in [0.3, 0.4) is 0 Å². The van der Waals surface area contributed by atoms with Gasteiger partial charge in [0.05, 0.1) is 17.8 Å². The van der Waals surface area contributed by atoms with E-state index in [0.29, 0.717) is 13.1 Å². The Labute approximate surface area is 150 Å². The number of pyridine rings is 2. The van der Waals surface area contributed by atoms with Crippen LogP contribution in [0.4, 0.5) is 0 Å². The maximum Gasteiger partial charge on any atom is 0.256 e. The first-order valence-corrected chi connectivity index (χ1v) is 8.53. The highest BCUT2D eigenvalue weighted by Crippen LogP contribution is 2.24. The van der Waals surface area contributed by atoms with Crippen LogP contribution in [0.1, 0.15) is 21.6 Å². The second-order valence-electron chi connectivity index (χ2n) is 6.46. The largest absolute Gasteiger partial charge is 0.328 e. The third-order valence-corrected chi connectivity index (χ3v) is 4.81. The summed E-state index contributed by atoms with van der Waals surface area (Å²) in [4.78, 5) is 22.9. The Morgan fingerprint density at radius 2 is 1.81 bits per heavy atom. The predicted molar refractivity (Wildman–Crippen MR) is 98.4 cm³/mol. The fraction of sp³-hybridized carbons (Fsp3) is 0.0952. The molecule has 5 heteroatoms. The van der Waals surface area contributed by atoms with Crippen molar-refractivity contribution >= 4 is 11.6 Å². The Bertz CT molecular complexity index is 1110. The zero-order valence-electron chi connectivity index (χ0n) is 14.0. The van der Waals surface area contributed by atoms with Crippen molar-refractivity contribution in [1.82, 2.24) is 19.3 Å². The van der Waals surface area contributed by atoms with Crippen LogP contribution in [-0.4, -0.2) is 25.2 Å². The van der Waals surface area contributed by atoms with Gasteiger partial charge in [0.25, 0.3) is 5.91 Å². The van der Waals surface area contributed by atoms with Gasteiger partial charge in [-0.15, -0.1) is 0 Å². The lowest BCUT2D eigenvalue weighted by Crippen LogP contribution is -2.23. The SMILES string of the molecule is O=C1c2cccnc2CN1Cc1ccc(-c2ccn3ccnc3c2)cc1. The summed E-state index contributed by atoms with van der Waals surface area (Å²) in [5.41, 5.74) is 5.89. The first kappa shape index (κ1) is 14.8. The van der Waals surface area contributed by atoms with E-state index in [1.54, 1.807) is 12.4 Å². The third-order valence-electron chi connectivity index (χ3n) is 4.81. The highest BCUT2D eigenvalue weighted by molar-refractivity contribution is 5.97. The monoisotopic (exact) mass is 340 g/mol. The molecule has 26 heavy (non-hydrogen) atoms. The molecule has 1 aliphatic rings. The van der Waals surface area contributed by atoms with Crippen molar-refractivity contribution in [3.63, 3.8) is 0 Å². The maximum atomic E-state index is 12.5. The summed E-state index contributed by atoms with van der Waals surface area (Å²) in [5, 5.41) is 0. The second-order valence-corrected chi connectivity index (χ2v) is 6.46. The van der Waals surface area contributed by atoms with E-state index in [9.17, 15) is 4.79 Å². The molecule has 0 fully saturated rings. The van der Waals surface area contributed by atoms with Gasteiger partial charge in [0.1, 0.15) is 5.65 Å². The molecule has 0 bridgehead atoms. The van der Waals surface area contributed by atoms with Crippen molar-refractivity contribution in [2.75, 3.05) is 0 Å². The molecule has 4 aromatic rings. The number of nitrogens with zero attached hydrogens (tertiary/aromatic N) is 4. The van der Waals surface area contributed by atoms with E-state index in [1.165, 1.54) is 0 Å². The zero-order valence-corrected chi connectivity index (χ0v) is 14.0. The lowest BCUT2D eigenvalue weighted by Gasteiger charge is -2.15. The standard InChI is InChI=1S/C21H16N4O/c26-21-18-2-1-8-22-19(18)14-25(21)13-15-3-5-16(6-4-15)17-7-10-24-11-9-23-20(24)12-17/h1-12H,13-14H2. The number of imidazole rings is 1. The van der Waals surface area contributed by atoms with E-state index in [0.717, 1.165) is 33.6 Å². The van der Waals surface area contributed by atoms with E-state index in [-0.39, 0.29) is 5.91 Å². The van der Waals surface area contributed by atoms with Crippen molar-refractivity contribution in [2.24, 2.45) is 0 Å². The van der Waals surface area contributed by atoms with Crippen molar-refractivity contribution < 1.29 is 4.79 Å². The van der Waals surface area contributed by atoms with E-state index >= 15 is 0 Å². The first-order valence-electron chi connectivity index (χ1n) is 8.53. The van der Waals surface area contributed by atoms with Gasteiger partial charge < -0.3 is 9.30 Å². The number of carbonyl (C=O) groups is 1. The van der Waals surface area contributed by atoms with Gasteiger partial charge in [0, 0.05) is 31.3 Å². The van der Waals surface area contributed by atoms with E-state index in [4.69, 9.17) is 0 Å². The van der Waals surface area contributed by atoms with Crippen LogP contribution in [-0.2, 0) is 13.1 Å². The number of rotatable bonds is 3. The number of hydrogen-bond donors (Lipinski definition) is 0. The minimum Gasteiger partial charge on any atom is -0.328 e. The molecule has 126 valence electrons. The summed E-state index contributed by atoms with van der Waals surface area (Å²) in [7, 11) is 0. The van der Waals surface area contributed by atoms with Crippen molar-refractivity contribution in [3.05, 3.63) is 90.1 Å². The Balaban J connectivity index is 1.36. The first-order chi connectivity index (χ1) is 12.8. The number of hydrogen-bond acceptors (Lipinski definition) is 3. The molecule has 5 rings (SSSR count). The number of aromatic nitrogens is 3. The lowest BCUT2D eigenvalue weighted by molar-refractivity contribution is 0.0766. The summed E-state index contributed by atoms with van der Waals surface area (Å²) in [6, 6.07) is 16.2. The molecule has 1 aromatic carbocycles. The van der Waals surface area contributed by atoms with Gasteiger partial charge in [0.15, 0.2) is 0 Å². The maximum absolute atomic E-state index is 12.5. The van der Waals surface area contributed by atoms with Crippen molar-refractivity contribution in [1.29, 1.82) is 0 Å². The minimum atomic E-state index is 0.0573. The molecule has 0 saturated heterocycles. The Hall–Kier alpha value is -3.47. The highest BCUT2D eigenvalue weighted by Gasteiger charge is 2.27. The highest BCUT2D eigenvalue weighted by atomic mass is 16.2. The quantitative estimate of drug-likeness (QED) is 0.573. The third kappa shape index (κ3) is 2.45. The van der Waals surface area contributed by atoms with Crippen LogP contribution in [0.2, 0.25) is 0 Å². The molecule has 0 atom stereocenters. The lowest BCUT2D eigenvalue weighted by atomic mass is 10.0. The number of fused-ring (bicyclic) bond motifs is 2. The molecule has 0 aliphatic carbocycles. The van der Waals surface area contributed by atoms with E-state index in [1.807, 2.05) is 33.8 Å². The fourth-order valence-electron chi connectivity index (χ4n) is 3.42. The minimum absolute atomic E-state index is 0.0573. The smallest absolute Gasteiger partial charge is 0.256 e. The van der Waals surface area contributed by atoms with Gasteiger partial charge in [-0.3, -0.25) is 9.78 Å². The number of carbonyl (C=O) groups excluding carboxylic acids is 1. The fourth-order valence-corrected chi connectivity index (χ4v) is 3.42. The van der Waals surface area contributed by atoms with Crippen LogP contribution in [0.5, 0.6) is 0 Å². The summed E-state index contributed by atoms with van der Waals surface area (Å²) in [6.07, 6.45) is 7.48. The van der Waals surface area contributed by atoms with E-state index in [2.05, 4.69) is 46.4 Å². The van der Waals surface area contributed by atoms with Gasteiger partial charge >= 0.3 is 0 Å². The molecule has 1 amide bonds. The van der Waals surface area contributed by atoms with Gasteiger partial charge in [-0.05, 0) is 41.0 Å². The normalized spacial score (nSPS) is 13.4. The van der Waals surface area contributed by atoms with Crippen molar-refractivity contribution in [2.45, 2.75) is 13.1 Å². The van der Waals surface area contributed by atoms with Crippen LogP contribution >= 0.6 is 0 Å². The molecule has 1 aliphatic heterocycles. The van der Waals surface area contributed by atoms with Gasteiger partial charge in [-0.25, -0.2) is 4.98 Å². The summed E-state index contributed by atoms with van der Waals surface area (Å²) in [5.74, 6) is 0.0573. The van der Waals surface area contributed by atoms with E-state index < -0.39 is 0 Å². The Morgan fingerprint density at radius 3 is 2.65 bits per heavy atom. The van der Waals surface area contributed by atoms with Gasteiger partial charge in [-0.2, -0.15) is 0 Å². The predicted octanol–water partition coefficient (Wildman–Crippen LogP) is 3.55. The molecule has 0 N–H and O–H groups in total. The van der Waals surface area contributed by atoms with Crippen LogP contribution in [0, 0.1) is 0 Å². The summed E-state index contributed by atoms with van der Waals surface area (Å²) >= 11 is 0. The Morgan fingerprint density at radius 1 is 0.923 bits per heavy atom. The second kappa shape index (κ2) is 5.81. The zero-order chi connectivity index (χ0) is 17.5. The summed E-state index contributed by atoms with van der Waals surface area (Å²) in [6.45, 7) is 1.17. The molecule has 3 aromatic heterocycles. The molecule has 0 spiro atoms. The number of benzene rings is 1. The molecule has 0 unspecified atom stereocenters. The van der Waals surface area contributed by atoms with Crippen LogP contribution < -0.4 is 0 Å². The molecule has 0 saturated carbocycles. The van der Waals surface area contributed by atoms with Crippen LogP contribution in [0.15, 0.2) is 73.3 Å². The van der Waals surface area contributed by atoms with Gasteiger partial charge in [0.2, 0.25) is 0 Å². The molecule has 0 radical (unpaired) electrons. The average molecular weight is 340 g/mol. The Kier molecular flexibility index (Phi) is 3.31. The van der Waals surface area contributed by atoms with Crippen molar-refractivity contribution in [3.8, 4) is 11.1 Å². The van der Waals surface area contributed by atoms with Crippen LogP contribution in [0.25, 0.3) is 16.8 Å². The topological polar surface area (TPSA) is 50.5 Å². The molecular weight excluding hydrogens is 324 g/mol. The van der Waals surface area contributed by atoms with Gasteiger partial charge in [-0.1, -0.05) is 24.3 Å². The average Bonchev–Trinajstić information content (AvgIpc) is 3.27. The molecular formula is C21H16N4O. The molecule has 4 heterocycles. The number of amides is 1. The molecule has 5 nitrogen and oxygen atoms in total. The summed E-state index contributed by atoms with van der Waals surface area (Å²) < 4.78 is 1.99.